The summed E-state index contributed by atoms with van der Waals surface area (Å²) in [6, 6.07) is 4.15. The van der Waals surface area contributed by atoms with Gasteiger partial charge in [-0.25, -0.2) is 14.0 Å². The zero-order chi connectivity index (χ0) is 23.3. The third-order valence-electron chi connectivity index (χ3n) is 4.76. The number of aliphatic imine (C=N–C) groups is 2. The van der Waals surface area contributed by atoms with Crippen molar-refractivity contribution in [3.05, 3.63) is 34.2 Å². The normalized spacial score (nSPS) is 15.1. The number of nitrogens with zero attached hydrogens (tertiary/aromatic N) is 4. The molecule has 1 aromatic heterocycles. The van der Waals surface area contributed by atoms with Gasteiger partial charge in [0.15, 0.2) is 11.5 Å². The molecule has 2 aromatic rings. The molecule has 0 saturated heterocycles. The summed E-state index contributed by atoms with van der Waals surface area (Å²) in [5.74, 6) is 0.642. The average Bonchev–Trinajstić information content (AvgIpc) is 3.30. The van der Waals surface area contributed by atoms with Gasteiger partial charge in [-0.2, -0.15) is 0 Å². The molecular formula is C18H24BrFIN7O3S. The van der Waals surface area contributed by atoms with Crippen molar-refractivity contribution in [1.82, 2.24) is 21.3 Å². The molecule has 176 valence electrons. The van der Waals surface area contributed by atoms with Gasteiger partial charge in [-0.05, 0) is 78.5 Å². The van der Waals surface area contributed by atoms with Crippen LogP contribution in [0.15, 0.2) is 37.3 Å². The predicted molar refractivity (Wildman–Crippen MR) is 135 cm³/mol. The molecule has 1 aliphatic rings. The topological polar surface area (TPSA) is 140 Å². The molecule has 0 bridgehead atoms. The number of aromatic nitrogens is 2. The van der Waals surface area contributed by atoms with Gasteiger partial charge in [0.2, 0.25) is 5.82 Å². The van der Waals surface area contributed by atoms with E-state index in [4.69, 9.17) is 4.63 Å². The van der Waals surface area contributed by atoms with Crippen LogP contribution in [0, 0.1) is 11.7 Å². The molecule has 0 amide bonds. The zero-order valence-electron chi connectivity index (χ0n) is 16.9. The Balaban J connectivity index is 0.00000176. The molecule has 1 fully saturated rings. The van der Waals surface area contributed by atoms with Crippen LogP contribution in [0.3, 0.4) is 0 Å². The van der Waals surface area contributed by atoms with Crippen molar-refractivity contribution in [2.75, 3.05) is 18.4 Å². The highest BCUT2D eigenvalue weighted by molar-refractivity contribution is 14.2. The summed E-state index contributed by atoms with van der Waals surface area (Å²) in [6.45, 7) is 0.773. The quantitative estimate of drug-likeness (QED) is 0.0639. The summed E-state index contributed by atoms with van der Waals surface area (Å²) in [5.41, 5.74) is 4.71. The van der Waals surface area contributed by atoms with Gasteiger partial charge >= 0.3 is 0 Å². The summed E-state index contributed by atoms with van der Waals surface area (Å²) < 4.78 is 18.4. The molecule has 3 rings (SSSR count). The minimum Gasteiger partial charge on any atom is -0.363 e. The molecular weight excluding hydrogens is 620 g/mol. The number of benzene rings is 1. The first-order valence-corrected chi connectivity index (χ1v) is 13.8. The van der Waals surface area contributed by atoms with E-state index in [1.807, 2.05) is 26.7 Å². The highest BCUT2D eigenvalue weighted by Crippen LogP contribution is 2.24. The van der Waals surface area contributed by atoms with Gasteiger partial charge < -0.3 is 5.32 Å². The Kier molecular flexibility index (Phi) is 12.2. The number of hydrogen-bond donors (Lipinski definition) is 6. The molecule has 0 aliphatic heterocycles. The van der Waals surface area contributed by atoms with Crippen LogP contribution in [0.5, 0.6) is 0 Å². The smallest absolute Gasteiger partial charge is 0.202 e. The first-order valence-electron chi connectivity index (χ1n) is 9.74. The number of nitrogens with one attached hydrogen (secondary N) is 3. The lowest BCUT2D eigenvalue weighted by molar-refractivity contribution is 0.222. The van der Waals surface area contributed by atoms with Gasteiger partial charge in [-0.1, -0.05) is 19.3 Å². The SMILES string of the molecule is ONC(=Nc1ccc(F)c(Br)c1)c1nonc1NCCN=C(NO)C1CCCCC1.SI. The van der Waals surface area contributed by atoms with E-state index in [2.05, 4.69) is 56.8 Å². The fourth-order valence-corrected chi connectivity index (χ4v) is 3.62. The molecule has 5 N–H and O–H groups in total. The number of rotatable bonds is 7. The van der Waals surface area contributed by atoms with Crippen LogP contribution in [0.4, 0.5) is 15.9 Å². The lowest BCUT2D eigenvalue weighted by Gasteiger charge is -2.22. The van der Waals surface area contributed by atoms with Crippen LogP contribution in [0.1, 0.15) is 37.8 Å². The maximum Gasteiger partial charge on any atom is 0.202 e. The molecule has 14 heteroatoms. The second-order valence-electron chi connectivity index (χ2n) is 6.77. The first-order chi connectivity index (χ1) is 15.6. The molecule has 1 aromatic carbocycles. The third-order valence-corrected chi connectivity index (χ3v) is 5.36. The Hall–Kier alpha value is -1.49. The number of amidine groups is 2. The number of hydroxylamine groups is 2. The van der Waals surface area contributed by atoms with Crippen molar-refractivity contribution < 1.29 is 19.4 Å². The highest BCUT2D eigenvalue weighted by Gasteiger charge is 2.19. The first kappa shape index (κ1) is 26.8. The Bertz CT molecular complexity index is 912. The predicted octanol–water partition coefficient (Wildman–Crippen LogP) is 4.66. The second-order valence-corrected chi connectivity index (χ2v) is 7.63. The van der Waals surface area contributed by atoms with Crippen molar-refractivity contribution in [3.8, 4) is 0 Å². The number of anilines is 1. The third kappa shape index (κ3) is 7.83. The van der Waals surface area contributed by atoms with Crippen LogP contribution in [-0.4, -0.2) is 45.5 Å². The van der Waals surface area contributed by atoms with Gasteiger partial charge in [-0.15, -0.1) is 9.80 Å². The standard InChI is InChI=1S/C18H23BrFN7O3.HIS/c19-13-10-12(6-7-14(13)20)23-18(25-29)15-17(27-30-26-15)22-9-8-21-16(24-28)11-4-2-1-3-5-11;1-2/h6-7,10-11,28-29H,1-5,8-9H2,(H,21,24)(H,22,27)(H,23,25);2H. The molecule has 1 aliphatic carbocycles. The van der Waals surface area contributed by atoms with Crippen molar-refractivity contribution in [1.29, 1.82) is 0 Å². The van der Waals surface area contributed by atoms with Crippen LogP contribution in [0.25, 0.3) is 0 Å². The van der Waals surface area contributed by atoms with E-state index in [0.29, 0.717) is 24.6 Å². The fraction of sp³-hybridized carbons (Fsp3) is 0.444. The average molecular weight is 644 g/mol. The Morgan fingerprint density at radius 3 is 2.62 bits per heavy atom. The van der Waals surface area contributed by atoms with Gasteiger partial charge in [-0.3, -0.25) is 26.4 Å². The van der Waals surface area contributed by atoms with Crippen molar-refractivity contribution in [2.24, 2.45) is 15.9 Å². The molecule has 32 heavy (non-hydrogen) atoms. The molecule has 1 heterocycles. The molecule has 10 nitrogen and oxygen atoms in total. The summed E-state index contributed by atoms with van der Waals surface area (Å²) in [4.78, 5) is 8.62. The van der Waals surface area contributed by atoms with Gasteiger partial charge in [0, 0.05) is 12.5 Å². The van der Waals surface area contributed by atoms with E-state index >= 15 is 0 Å². The molecule has 0 spiro atoms. The van der Waals surface area contributed by atoms with Crippen LogP contribution >= 0.6 is 46.9 Å². The lowest BCUT2D eigenvalue weighted by atomic mass is 9.88. The maximum atomic E-state index is 13.4. The van der Waals surface area contributed by atoms with Gasteiger partial charge in [0.1, 0.15) is 11.7 Å². The van der Waals surface area contributed by atoms with Crippen molar-refractivity contribution in [3.63, 3.8) is 0 Å². The van der Waals surface area contributed by atoms with Crippen molar-refractivity contribution >= 4 is 70.1 Å². The van der Waals surface area contributed by atoms with Crippen LogP contribution < -0.4 is 16.3 Å². The Morgan fingerprint density at radius 2 is 1.97 bits per heavy atom. The number of hydrogen-bond acceptors (Lipinski definition) is 9. The lowest BCUT2D eigenvalue weighted by Crippen LogP contribution is -2.30. The van der Waals surface area contributed by atoms with Gasteiger partial charge in [0.25, 0.3) is 0 Å². The Labute approximate surface area is 210 Å². The molecule has 1 saturated carbocycles. The summed E-state index contributed by atoms with van der Waals surface area (Å²) in [7, 11) is 3.50. The van der Waals surface area contributed by atoms with E-state index in [-0.39, 0.29) is 27.7 Å². The minimum atomic E-state index is -0.427. The fourth-order valence-electron chi connectivity index (χ4n) is 3.26. The molecule has 0 atom stereocenters. The van der Waals surface area contributed by atoms with Gasteiger partial charge in [0.05, 0.1) is 16.7 Å². The van der Waals surface area contributed by atoms with E-state index in [1.54, 1.807) is 0 Å². The largest absolute Gasteiger partial charge is 0.363 e. The van der Waals surface area contributed by atoms with E-state index in [0.717, 1.165) is 25.7 Å². The van der Waals surface area contributed by atoms with Crippen molar-refractivity contribution in [2.45, 2.75) is 32.1 Å². The number of thiol groups is 1. The maximum absolute atomic E-state index is 13.4. The minimum absolute atomic E-state index is 0.0271. The zero-order valence-corrected chi connectivity index (χ0v) is 21.6. The second kappa shape index (κ2) is 14.6. The molecule has 0 radical (unpaired) electrons. The van der Waals surface area contributed by atoms with E-state index < -0.39 is 5.82 Å². The monoisotopic (exact) mass is 643 g/mol. The van der Waals surface area contributed by atoms with E-state index in [9.17, 15) is 14.8 Å². The summed E-state index contributed by atoms with van der Waals surface area (Å²) in [5, 5.41) is 29.4. The molecule has 0 unspecified atom stereocenters. The van der Waals surface area contributed by atoms with Crippen LogP contribution in [-0.2, 0) is 0 Å². The van der Waals surface area contributed by atoms with Crippen LogP contribution in [0.2, 0.25) is 0 Å². The summed E-state index contributed by atoms with van der Waals surface area (Å²) in [6.07, 6.45) is 5.52. The van der Waals surface area contributed by atoms with E-state index in [1.165, 1.54) is 24.6 Å². The Morgan fingerprint density at radius 1 is 1.22 bits per heavy atom. The summed E-state index contributed by atoms with van der Waals surface area (Å²) >= 11 is 4.93. The highest BCUT2D eigenvalue weighted by atomic mass is 127. The number of halogens is 3.